The molecule has 0 atom stereocenters. The van der Waals surface area contributed by atoms with Crippen LogP contribution in [-0.4, -0.2) is 24.0 Å². The van der Waals surface area contributed by atoms with Crippen molar-refractivity contribution in [1.29, 1.82) is 0 Å². The Labute approximate surface area is 174 Å². The summed E-state index contributed by atoms with van der Waals surface area (Å²) in [6.07, 6.45) is 0. The Balaban J connectivity index is 2.15. The van der Waals surface area contributed by atoms with E-state index in [4.69, 9.17) is 33.9 Å². The highest BCUT2D eigenvalue weighted by atomic mass is 35.5. The molecule has 0 amide bonds. The molecule has 142 valence electrons. The summed E-state index contributed by atoms with van der Waals surface area (Å²) in [7, 11) is 4.13. The van der Waals surface area contributed by atoms with E-state index < -0.39 is 5.41 Å². The van der Waals surface area contributed by atoms with Crippen molar-refractivity contribution in [3.63, 3.8) is 0 Å². The molecule has 0 aliphatic rings. The monoisotopic (exact) mass is 419 g/mol. The molecule has 0 aliphatic carbocycles. The topological polar surface area (TPSA) is 42.1 Å². The quantitative estimate of drug-likeness (QED) is 0.508. The first kappa shape index (κ1) is 20.2. The van der Waals surface area contributed by atoms with Crippen LogP contribution in [0.15, 0.2) is 42.5 Å². The third-order valence-electron chi connectivity index (χ3n) is 4.43. The first-order valence-electron chi connectivity index (χ1n) is 8.65. The first-order valence-corrected chi connectivity index (χ1v) is 10.2. The zero-order valence-electron chi connectivity index (χ0n) is 15.9. The molecule has 0 aliphatic heterocycles. The van der Waals surface area contributed by atoms with Gasteiger partial charge in [0.1, 0.15) is 5.01 Å². The van der Waals surface area contributed by atoms with Crippen molar-refractivity contribution in [1.82, 2.24) is 9.88 Å². The maximum Gasteiger partial charge on any atom is 0.104 e. The number of nitrogens with zero attached hydrogens (tertiary/aromatic N) is 2. The van der Waals surface area contributed by atoms with Crippen LogP contribution in [0, 0.1) is 0 Å². The van der Waals surface area contributed by atoms with Gasteiger partial charge in [0.15, 0.2) is 0 Å². The molecule has 3 rings (SSSR count). The van der Waals surface area contributed by atoms with E-state index in [2.05, 4.69) is 45.0 Å². The van der Waals surface area contributed by atoms with Gasteiger partial charge in [-0.05, 0) is 40.1 Å². The maximum atomic E-state index is 6.52. The number of aromatic nitrogens is 1. The average molecular weight is 420 g/mol. The summed E-state index contributed by atoms with van der Waals surface area (Å²) in [4.78, 5) is 8.40. The lowest BCUT2D eigenvalue weighted by molar-refractivity contribution is 0.406. The third-order valence-corrected chi connectivity index (χ3v) is 6.39. The summed E-state index contributed by atoms with van der Waals surface area (Å²) in [5.41, 5.74) is 8.97. The van der Waals surface area contributed by atoms with Crippen LogP contribution in [-0.2, 0) is 12.0 Å². The SMILES string of the molecule is CN(C)Cc1sc(C(C)(C)c2c(Cl)cc(N)cc2Cl)nc1-c1ccccc1. The molecule has 6 heteroatoms. The molecular weight excluding hydrogens is 397 g/mol. The molecule has 1 heterocycles. The Hall–Kier alpha value is -1.59. The smallest absolute Gasteiger partial charge is 0.104 e. The van der Waals surface area contributed by atoms with E-state index in [1.807, 2.05) is 18.2 Å². The van der Waals surface area contributed by atoms with E-state index in [1.165, 1.54) is 4.88 Å². The van der Waals surface area contributed by atoms with E-state index in [9.17, 15) is 0 Å². The lowest BCUT2D eigenvalue weighted by atomic mass is 9.85. The molecule has 0 spiro atoms. The summed E-state index contributed by atoms with van der Waals surface area (Å²) in [6.45, 7) is 5.02. The van der Waals surface area contributed by atoms with E-state index in [0.29, 0.717) is 15.7 Å². The fourth-order valence-corrected chi connectivity index (χ4v) is 5.42. The number of nitrogens with two attached hydrogens (primary N) is 1. The number of benzene rings is 2. The minimum Gasteiger partial charge on any atom is -0.399 e. The second-order valence-corrected chi connectivity index (χ2v) is 9.28. The molecule has 0 bridgehead atoms. The van der Waals surface area contributed by atoms with Crippen molar-refractivity contribution in [2.24, 2.45) is 0 Å². The van der Waals surface area contributed by atoms with Gasteiger partial charge in [-0.25, -0.2) is 4.98 Å². The highest BCUT2D eigenvalue weighted by molar-refractivity contribution is 7.12. The van der Waals surface area contributed by atoms with Crippen LogP contribution < -0.4 is 5.73 Å². The van der Waals surface area contributed by atoms with Gasteiger partial charge in [0.25, 0.3) is 0 Å². The molecule has 2 aromatic carbocycles. The Morgan fingerprint density at radius 1 is 1.07 bits per heavy atom. The fourth-order valence-electron chi connectivity index (χ4n) is 3.13. The van der Waals surface area contributed by atoms with Gasteiger partial charge in [-0.3, -0.25) is 0 Å². The Kier molecular flexibility index (Phi) is 5.82. The van der Waals surface area contributed by atoms with Crippen LogP contribution in [0.4, 0.5) is 5.69 Å². The number of hydrogen-bond donors (Lipinski definition) is 1. The van der Waals surface area contributed by atoms with Gasteiger partial charge in [0, 0.05) is 43.7 Å². The predicted molar refractivity (Wildman–Crippen MR) is 118 cm³/mol. The van der Waals surface area contributed by atoms with E-state index in [1.54, 1.807) is 23.5 Å². The molecule has 0 radical (unpaired) electrons. The Bertz CT molecular complexity index is 926. The standard InChI is InChI=1S/C21H23Cl2N3S/c1-21(2,18-15(22)10-14(24)11-16(18)23)20-25-19(13-8-6-5-7-9-13)17(27-20)12-26(3)4/h5-11H,12,24H2,1-4H3. The highest BCUT2D eigenvalue weighted by Crippen LogP contribution is 2.44. The fraction of sp³-hybridized carbons (Fsp3) is 0.286. The van der Waals surface area contributed by atoms with Crippen molar-refractivity contribution < 1.29 is 0 Å². The third kappa shape index (κ3) is 4.14. The molecule has 1 aromatic heterocycles. The van der Waals surface area contributed by atoms with Crippen LogP contribution in [0.2, 0.25) is 10.0 Å². The van der Waals surface area contributed by atoms with Gasteiger partial charge < -0.3 is 10.6 Å². The van der Waals surface area contributed by atoms with Crippen LogP contribution in [0.1, 0.15) is 29.3 Å². The molecule has 27 heavy (non-hydrogen) atoms. The number of anilines is 1. The predicted octanol–water partition coefficient (Wildman–Crippen LogP) is 6.09. The minimum atomic E-state index is -0.444. The van der Waals surface area contributed by atoms with Crippen LogP contribution in [0.3, 0.4) is 0 Å². The van der Waals surface area contributed by atoms with Crippen molar-refractivity contribution in [3.05, 3.63) is 68.0 Å². The van der Waals surface area contributed by atoms with Gasteiger partial charge in [-0.1, -0.05) is 53.5 Å². The van der Waals surface area contributed by atoms with Crippen molar-refractivity contribution >= 4 is 40.2 Å². The van der Waals surface area contributed by atoms with Gasteiger partial charge in [-0.2, -0.15) is 0 Å². The van der Waals surface area contributed by atoms with Crippen LogP contribution in [0.5, 0.6) is 0 Å². The van der Waals surface area contributed by atoms with Crippen LogP contribution in [0.25, 0.3) is 11.3 Å². The largest absolute Gasteiger partial charge is 0.399 e. The molecule has 0 saturated carbocycles. The number of halogens is 2. The van der Waals surface area contributed by atoms with Gasteiger partial charge in [0.05, 0.1) is 5.69 Å². The molecule has 2 N–H and O–H groups in total. The van der Waals surface area contributed by atoms with Crippen LogP contribution >= 0.6 is 34.5 Å². The minimum absolute atomic E-state index is 0.444. The maximum absolute atomic E-state index is 6.52. The van der Waals surface area contributed by atoms with Crippen molar-refractivity contribution in [2.45, 2.75) is 25.8 Å². The normalized spacial score (nSPS) is 12.0. The van der Waals surface area contributed by atoms with E-state index in [0.717, 1.165) is 28.4 Å². The zero-order valence-corrected chi connectivity index (χ0v) is 18.2. The van der Waals surface area contributed by atoms with Gasteiger partial charge >= 0.3 is 0 Å². The summed E-state index contributed by atoms with van der Waals surface area (Å²) in [6, 6.07) is 13.8. The zero-order chi connectivity index (χ0) is 19.8. The van der Waals surface area contributed by atoms with E-state index in [-0.39, 0.29) is 0 Å². The Morgan fingerprint density at radius 2 is 1.67 bits per heavy atom. The molecule has 3 aromatic rings. The summed E-state index contributed by atoms with van der Waals surface area (Å²) in [5.74, 6) is 0. The summed E-state index contributed by atoms with van der Waals surface area (Å²) < 4.78 is 0. The molecule has 0 unspecified atom stereocenters. The van der Waals surface area contributed by atoms with Gasteiger partial charge in [-0.15, -0.1) is 11.3 Å². The van der Waals surface area contributed by atoms with E-state index >= 15 is 0 Å². The molecular formula is C21H23Cl2N3S. The number of hydrogen-bond acceptors (Lipinski definition) is 4. The second kappa shape index (κ2) is 7.80. The summed E-state index contributed by atoms with van der Waals surface area (Å²) in [5, 5.41) is 2.11. The Morgan fingerprint density at radius 3 is 2.22 bits per heavy atom. The van der Waals surface area contributed by atoms with Crippen molar-refractivity contribution in [3.8, 4) is 11.3 Å². The second-order valence-electron chi connectivity index (χ2n) is 7.38. The molecule has 3 nitrogen and oxygen atoms in total. The average Bonchev–Trinajstić information content (AvgIpc) is 2.98. The number of rotatable bonds is 5. The molecule has 0 saturated heterocycles. The summed E-state index contributed by atoms with van der Waals surface area (Å²) >= 11 is 14.7. The number of nitrogen functional groups attached to an aromatic ring is 1. The lowest BCUT2D eigenvalue weighted by Gasteiger charge is -2.25. The number of thiazole rings is 1. The highest BCUT2D eigenvalue weighted by Gasteiger charge is 2.33. The first-order chi connectivity index (χ1) is 12.7. The van der Waals surface area contributed by atoms with Gasteiger partial charge in [0.2, 0.25) is 0 Å². The van der Waals surface area contributed by atoms with Crippen molar-refractivity contribution in [2.75, 3.05) is 19.8 Å². The lowest BCUT2D eigenvalue weighted by Crippen LogP contribution is -2.20. The molecule has 0 fully saturated rings.